The Hall–Kier alpha value is -2.72. The predicted octanol–water partition coefficient (Wildman–Crippen LogP) is 3.13. The van der Waals surface area contributed by atoms with Gasteiger partial charge in [-0.1, -0.05) is 46.0 Å². The number of anilines is 2. The van der Waals surface area contributed by atoms with Gasteiger partial charge in [0.1, 0.15) is 5.76 Å². The third kappa shape index (κ3) is 4.90. The molecular formula is C16H15N5O3S2. The number of rotatable bonds is 6. The Morgan fingerprint density at radius 3 is 2.62 bits per heavy atom. The maximum atomic E-state index is 12.0. The molecule has 0 saturated heterocycles. The van der Waals surface area contributed by atoms with Gasteiger partial charge in [0.25, 0.3) is 5.91 Å². The monoisotopic (exact) mass is 389 g/mol. The number of aromatic nitrogens is 3. The first-order chi connectivity index (χ1) is 12.5. The van der Waals surface area contributed by atoms with E-state index < -0.39 is 5.91 Å². The van der Waals surface area contributed by atoms with Crippen molar-refractivity contribution in [1.82, 2.24) is 15.4 Å². The van der Waals surface area contributed by atoms with Crippen LogP contribution in [0.2, 0.25) is 0 Å². The number of amides is 2. The molecule has 0 fully saturated rings. The lowest BCUT2D eigenvalue weighted by molar-refractivity contribution is -0.113. The molecule has 0 spiro atoms. The molecule has 0 atom stereocenters. The first kappa shape index (κ1) is 18.1. The standard InChI is InChI=1S/C16H15N5O3S2/c1-9-3-5-11(6-4-9)17-13(22)8-25-16-20-19-15(26-16)18-14(23)12-7-10(2)24-21-12/h3-7H,8H2,1-2H3,(H,17,22)(H,18,19,23). The summed E-state index contributed by atoms with van der Waals surface area (Å²) in [5.74, 6) is 0.173. The molecule has 1 aromatic carbocycles. The summed E-state index contributed by atoms with van der Waals surface area (Å²) in [5, 5.41) is 17.2. The van der Waals surface area contributed by atoms with Crippen molar-refractivity contribution in [2.45, 2.75) is 18.2 Å². The first-order valence-electron chi connectivity index (χ1n) is 7.57. The van der Waals surface area contributed by atoms with Gasteiger partial charge >= 0.3 is 0 Å². The molecule has 134 valence electrons. The van der Waals surface area contributed by atoms with Gasteiger partial charge in [0, 0.05) is 11.8 Å². The van der Waals surface area contributed by atoms with Gasteiger partial charge in [-0.05, 0) is 26.0 Å². The minimum absolute atomic E-state index is 0.141. The highest BCUT2D eigenvalue weighted by Crippen LogP contribution is 2.26. The van der Waals surface area contributed by atoms with Crippen molar-refractivity contribution in [1.29, 1.82) is 0 Å². The number of aryl methyl sites for hydroxylation is 2. The van der Waals surface area contributed by atoms with E-state index in [4.69, 9.17) is 4.52 Å². The number of nitrogens with zero attached hydrogens (tertiary/aromatic N) is 3. The lowest BCUT2D eigenvalue weighted by Gasteiger charge is -2.04. The molecule has 0 radical (unpaired) electrons. The Labute approximate surface area is 157 Å². The molecule has 2 amide bonds. The van der Waals surface area contributed by atoms with E-state index in [0.717, 1.165) is 11.3 Å². The van der Waals surface area contributed by atoms with Gasteiger partial charge in [-0.3, -0.25) is 14.9 Å². The summed E-state index contributed by atoms with van der Waals surface area (Å²) >= 11 is 2.43. The van der Waals surface area contributed by atoms with Crippen LogP contribution in [0.4, 0.5) is 10.8 Å². The second kappa shape index (κ2) is 8.11. The lowest BCUT2D eigenvalue weighted by Crippen LogP contribution is -2.13. The number of hydrogen-bond acceptors (Lipinski definition) is 8. The molecule has 0 aliphatic heterocycles. The fourth-order valence-corrected chi connectivity index (χ4v) is 3.46. The molecule has 2 N–H and O–H groups in total. The maximum Gasteiger partial charge on any atom is 0.279 e. The lowest BCUT2D eigenvalue weighted by atomic mass is 10.2. The highest BCUT2D eigenvalue weighted by Gasteiger charge is 2.14. The fraction of sp³-hybridized carbons (Fsp3) is 0.188. The second-order valence-corrected chi connectivity index (χ2v) is 7.55. The minimum atomic E-state index is -0.424. The third-order valence-corrected chi connectivity index (χ3v) is 5.12. The van der Waals surface area contributed by atoms with Gasteiger partial charge in [0.05, 0.1) is 5.75 Å². The van der Waals surface area contributed by atoms with Crippen molar-refractivity contribution in [3.63, 3.8) is 0 Å². The van der Waals surface area contributed by atoms with Crippen LogP contribution in [0.25, 0.3) is 0 Å². The van der Waals surface area contributed by atoms with Crippen molar-refractivity contribution in [3.05, 3.63) is 47.3 Å². The van der Waals surface area contributed by atoms with Crippen molar-refractivity contribution < 1.29 is 14.1 Å². The summed E-state index contributed by atoms with van der Waals surface area (Å²) in [6.07, 6.45) is 0. The molecule has 0 unspecified atom stereocenters. The van der Waals surface area contributed by atoms with Crippen LogP contribution >= 0.6 is 23.1 Å². The summed E-state index contributed by atoms with van der Waals surface area (Å²) in [6.45, 7) is 3.68. The van der Waals surface area contributed by atoms with Crippen LogP contribution in [0.3, 0.4) is 0 Å². The minimum Gasteiger partial charge on any atom is -0.361 e. The molecule has 2 aromatic heterocycles. The number of carbonyl (C=O) groups excluding carboxylic acids is 2. The molecular weight excluding hydrogens is 374 g/mol. The van der Waals surface area contributed by atoms with Crippen LogP contribution in [0.15, 0.2) is 39.2 Å². The molecule has 2 heterocycles. The summed E-state index contributed by atoms with van der Waals surface area (Å²) in [5.41, 5.74) is 2.04. The van der Waals surface area contributed by atoms with E-state index in [2.05, 4.69) is 26.0 Å². The molecule has 10 heteroatoms. The Kier molecular flexibility index (Phi) is 5.64. The normalized spacial score (nSPS) is 10.5. The van der Waals surface area contributed by atoms with Crippen LogP contribution < -0.4 is 10.6 Å². The zero-order valence-electron chi connectivity index (χ0n) is 14.0. The first-order valence-corrected chi connectivity index (χ1v) is 9.37. The summed E-state index contributed by atoms with van der Waals surface area (Å²) in [6, 6.07) is 9.09. The van der Waals surface area contributed by atoms with E-state index in [0.29, 0.717) is 15.2 Å². The van der Waals surface area contributed by atoms with E-state index in [1.807, 2.05) is 31.2 Å². The zero-order valence-corrected chi connectivity index (χ0v) is 15.6. The quantitative estimate of drug-likeness (QED) is 0.492. The Morgan fingerprint density at radius 2 is 1.92 bits per heavy atom. The van der Waals surface area contributed by atoms with E-state index in [-0.39, 0.29) is 17.4 Å². The maximum absolute atomic E-state index is 12.0. The average molecular weight is 389 g/mol. The van der Waals surface area contributed by atoms with Crippen LogP contribution in [-0.4, -0.2) is 32.9 Å². The van der Waals surface area contributed by atoms with Crippen LogP contribution in [0.1, 0.15) is 21.8 Å². The molecule has 0 aliphatic rings. The van der Waals surface area contributed by atoms with Gasteiger partial charge in [-0.25, -0.2) is 0 Å². The van der Waals surface area contributed by atoms with Crippen molar-refractivity contribution in [2.24, 2.45) is 0 Å². The number of benzene rings is 1. The molecule has 0 saturated carbocycles. The Balaban J connectivity index is 1.49. The summed E-state index contributed by atoms with van der Waals surface area (Å²) in [7, 11) is 0. The van der Waals surface area contributed by atoms with E-state index >= 15 is 0 Å². The Morgan fingerprint density at radius 1 is 1.15 bits per heavy atom. The predicted molar refractivity (Wildman–Crippen MR) is 99.6 cm³/mol. The van der Waals surface area contributed by atoms with E-state index in [1.54, 1.807) is 6.92 Å². The number of hydrogen-bond donors (Lipinski definition) is 2. The molecule has 8 nitrogen and oxygen atoms in total. The smallest absolute Gasteiger partial charge is 0.279 e. The van der Waals surface area contributed by atoms with Crippen molar-refractivity contribution in [2.75, 3.05) is 16.4 Å². The van der Waals surface area contributed by atoms with Gasteiger partial charge in [0.15, 0.2) is 10.0 Å². The average Bonchev–Trinajstić information content (AvgIpc) is 3.24. The van der Waals surface area contributed by atoms with Gasteiger partial charge in [0.2, 0.25) is 11.0 Å². The summed E-state index contributed by atoms with van der Waals surface area (Å²) < 4.78 is 5.44. The number of thioether (sulfide) groups is 1. The molecule has 3 rings (SSSR count). The van der Waals surface area contributed by atoms with E-state index in [9.17, 15) is 9.59 Å². The molecule has 26 heavy (non-hydrogen) atoms. The van der Waals surface area contributed by atoms with Crippen LogP contribution in [0.5, 0.6) is 0 Å². The largest absolute Gasteiger partial charge is 0.361 e. The van der Waals surface area contributed by atoms with E-state index in [1.165, 1.54) is 29.2 Å². The van der Waals surface area contributed by atoms with Gasteiger partial charge in [-0.15, -0.1) is 10.2 Å². The molecule has 0 bridgehead atoms. The van der Waals surface area contributed by atoms with Crippen molar-refractivity contribution >= 4 is 45.7 Å². The van der Waals surface area contributed by atoms with Crippen molar-refractivity contribution in [3.8, 4) is 0 Å². The zero-order chi connectivity index (χ0) is 18.5. The number of carbonyl (C=O) groups is 2. The van der Waals surface area contributed by atoms with Gasteiger partial charge in [-0.2, -0.15) is 0 Å². The molecule has 3 aromatic rings. The second-order valence-electron chi connectivity index (χ2n) is 5.35. The fourth-order valence-electron chi connectivity index (χ4n) is 1.91. The Bertz CT molecular complexity index is 920. The van der Waals surface area contributed by atoms with Gasteiger partial charge < -0.3 is 9.84 Å². The third-order valence-electron chi connectivity index (χ3n) is 3.15. The topological polar surface area (TPSA) is 110 Å². The summed E-state index contributed by atoms with van der Waals surface area (Å²) in [4.78, 5) is 23.9. The van der Waals surface area contributed by atoms with Crippen LogP contribution in [-0.2, 0) is 4.79 Å². The highest BCUT2D eigenvalue weighted by molar-refractivity contribution is 8.01. The molecule has 0 aliphatic carbocycles. The van der Waals surface area contributed by atoms with Crippen LogP contribution in [0, 0.1) is 13.8 Å². The number of nitrogens with one attached hydrogen (secondary N) is 2. The highest BCUT2D eigenvalue weighted by atomic mass is 32.2. The SMILES string of the molecule is Cc1ccc(NC(=O)CSc2nnc(NC(=O)c3cc(C)on3)s2)cc1.